The van der Waals surface area contributed by atoms with E-state index in [1.54, 1.807) is 6.07 Å². The summed E-state index contributed by atoms with van der Waals surface area (Å²) in [6, 6.07) is 7.35. The van der Waals surface area contributed by atoms with Gasteiger partial charge in [0.2, 0.25) is 0 Å². The molecular weight excluding hydrogens is 305 g/mol. The number of carbonyl (C=O) groups excluding carboxylic acids is 2. The van der Waals surface area contributed by atoms with Crippen molar-refractivity contribution in [3.63, 3.8) is 0 Å². The van der Waals surface area contributed by atoms with Crippen molar-refractivity contribution >= 4 is 30.9 Å². The van der Waals surface area contributed by atoms with Crippen LogP contribution >= 0.6 is 0 Å². The Bertz CT molecular complexity index is 676. The summed E-state index contributed by atoms with van der Waals surface area (Å²) in [6.45, 7) is 6.06. The molecule has 24 heavy (non-hydrogen) atoms. The highest BCUT2D eigenvalue weighted by atomic mass is 16.6. The van der Waals surface area contributed by atoms with Crippen molar-refractivity contribution in [1.29, 1.82) is 0 Å². The van der Waals surface area contributed by atoms with Gasteiger partial charge in [-0.15, -0.1) is 0 Å². The Morgan fingerprint density at radius 3 is 2.54 bits per heavy atom. The molecule has 0 saturated carbocycles. The van der Waals surface area contributed by atoms with Crippen molar-refractivity contribution in [3.05, 3.63) is 35.4 Å². The maximum atomic E-state index is 12.3. The molecule has 1 aliphatic rings. The first kappa shape index (κ1) is 18.1. The van der Waals surface area contributed by atoms with Crippen molar-refractivity contribution in [1.82, 2.24) is 4.90 Å². The van der Waals surface area contributed by atoms with E-state index in [2.05, 4.69) is 0 Å². The molecule has 0 aromatic heterocycles. The third kappa shape index (κ3) is 4.40. The van der Waals surface area contributed by atoms with Crippen molar-refractivity contribution < 1.29 is 19.1 Å². The van der Waals surface area contributed by atoms with Crippen LogP contribution in [0.15, 0.2) is 29.8 Å². The summed E-state index contributed by atoms with van der Waals surface area (Å²) in [5.74, 6) is -0.444. The van der Waals surface area contributed by atoms with Gasteiger partial charge in [-0.3, -0.25) is 0 Å². The molecule has 6 heteroatoms. The van der Waals surface area contributed by atoms with Gasteiger partial charge in [0.1, 0.15) is 13.4 Å². The highest BCUT2D eigenvalue weighted by Gasteiger charge is 2.30. The van der Waals surface area contributed by atoms with Crippen molar-refractivity contribution in [2.45, 2.75) is 32.8 Å². The average Bonchev–Trinajstić information content (AvgIpc) is 2.52. The van der Waals surface area contributed by atoms with Gasteiger partial charge in [-0.2, -0.15) is 0 Å². The van der Waals surface area contributed by atoms with Crippen LogP contribution < -0.4 is 5.46 Å². The first-order valence-corrected chi connectivity index (χ1v) is 7.85. The second kappa shape index (κ2) is 7.12. The van der Waals surface area contributed by atoms with Gasteiger partial charge in [0.15, 0.2) is 0 Å². The van der Waals surface area contributed by atoms with E-state index in [-0.39, 0.29) is 6.54 Å². The Hall–Kier alpha value is -2.24. The number of hydrogen-bond acceptors (Lipinski definition) is 4. The molecule has 0 saturated heterocycles. The summed E-state index contributed by atoms with van der Waals surface area (Å²) >= 11 is 0. The Morgan fingerprint density at radius 1 is 1.25 bits per heavy atom. The number of methoxy groups -OCH3 is 1. The van der Waals surface area contributed by atoms with Gasteiger partial charge in [0.25, 0.3) is 0 Å². The molecule has 0 fully saturated rings. The molecular formula is C18H22BNO4. The van der Waals surface area contributed by atoms with Crippen LogP contribution in [0.3, 0.4) is 0 Å². The summed E-state index contributed by atoms with van der Waals surface area (Å²) in [6.07, 6.45) is 0.100. The van der Waals surface area contributed by atoms with Crippen LogP contribution in [0.5, 0.6) is 0 Å². The molecule has 0 N–H and O–H groups in total. The first-order valence-electron chi connectivity index (χ1n) is 7.85. The SMILES string of the molecule is [B]c1cccc(C2=C(C(=O)OC)CN(C(=O)OC(C)(C)C)CC2)c1. The quantitative estimate of drug-likeness (QED) is 0.616. The minimum absolute atomic E-state index is 0.158. The lowest BCUT2D eigenvalue weighted by Crippen LogP contribution is -2.42. The second-order valence-corrected chi connectivity index (χ2v) is 6.73. The third-order valence-electron chi connectivity index (χ3n) is 3.66. The summed E-state index contributed by atoms with van der Waals surface area (Å²) in [4.78, 5) is 26.0. The van der Waals surface area contributed by atoms with Crippen molar-refractivity contribution in [2.24, 2.45) is 0 Å². The number of hydrogen-bond donors (Lipinski definition) is 0. The topological polar surface area (TPSA) is 55.8 Å². The molecule has 1 heterocycles. The van der Waals surface area contributed by atoms with Crippen LogP contribution in [0.4, 0.5) is 4.79 Å². The van der Waals surface area contributed by atoms with Gasteiger partial charge < -0.3 is 14.4 Å². The molecule has 5 nitrogen and oxygen atoms in total. The molecule has 1 aromatic rings. The molecule has 126 valence electrons. The van der Waals surface area contributed by atoms with E-state index in [1.165, 1.54) is 12.0 Å². The normalized spacial score (nSPS) is 15.2. The highest BCUT2D eigenvalue weighted by molar-refractivity contribution is 6.32. The van der Waals surface area contributed by atoms with Crippen LogP contribution in [-0.2, 0) is 14.3 Å². The monoisotopic (exact) mass is 327 g/mol. The van der Waals surface area contributed by atoms with E-state index in [0.29, 0.717) is 24.0 Å². The fraction of sp³-hybridized carbons (Fsp3) is 0.444. The zero-order valence-electron chi connectivity index (χ0n) is 14.6. The van der Waals surface area contributed by atoms with Gasteiger partial charge in [0.05, 0.1) is 19.2 Å². The zero-order chi connectivity index (χ0) is 17.9. The van der Waals surface area contributed by atoms with E-state index < -0.39 is 17.7 Å². The maximum Gasteiger partial charge on any atom is 0.410 e. The molecule has 1 amide bonds. The van der Waals surface area contributed by atoms with Gasteiger partial charge in [-0.25, -0.2) is 9.59 Å². The Balaban J connectivity index is 2.32. The van der Waals surface area contributed by atoms with Gasteiger partial charge >= 0.3 is 12.1 Å². The number of rotatable bonds is 2. The zero-order valence-corrected chi connectivity index (χ0v) is 14.6. The molecule has 0 unspecified atom stereocenters. The van der Waals surface area contributed by atoms with Crippen LogP contribution in [0.25, 0.3) is 5.57 Å². The van der Waals surface area contributed by atoms with Crippen LogP contribution in [0.1, 0.15) is 32.8 Å². The largest absolute Gasteiger partial charge is 0.466 e. The molecule has 2 rings (SSSR count). The van der Waals surface area contributed by atoms with Gasteiger partial charge in [-0.05, 0) is 38.3 Å². The standard InChI is InChI=1S/C18H22BNO4/c1-18(2,3)24-17(22)20-9-8-14(15(11-20)16(21)23-4)12-6-5-7-13(19)10-12/h5-7,10H,8-9,11H2,1-4H3. The number of ether oxygens (including phenoxy) is 2. The summed E-state index contributed by atoms with van der Waals surface area (Å²) < 4.78 is 10.3. The van der Waals surface area contributed by atoms with Crippen molar-refractivity contribution in [3.8, 4) is 0 Å². The maximum absolute atomic E-state index is 12.3. The molecule has 0 bridgehead atoms. The van der Waals surface area contributed by atoms with Crippen LogP contribution in [-0.4, -0.2) is 50.6 Å². The molecule has 0 atom stereocenters. The molecule has 0 spiro atoms. The predicted molar refractivity (Wildman–Crippen MR) is 93.2 cm³/mol. The van der Waals surface area contributed by atoms with Crippen LogP contribution in [0, 0.1) is 0 Å². The Kier molecular flexibility index (Phi) is 5.37. The molecule has 0 aliphatic carbocycles. The molecule has 1 aliphatic heterocycles. The molecule has 1 aromatic carbocycles. The average molecular weight is 327 g/mol. The first-order chi connectivity index (χ1) is 11.2. The van der Waals surface area contributed by atoms with Crippen LogP contribution in [0.2, 0.25) is 0 Å². The predicted octanol–water partition coefficient (Wildman–Crippen LogP) is 2.05. The number of benzene rings is 1. The second-order valence-electron chi connectivity index (χ2n) is 6.73. The van der Waals surface area contributed by atoms with E-state index in [4.69, 9.17) is 17.3 Å². The lowest BCUT2D eigenvalue weighted by Gasteiger charge is -2.32. The summed E-state index contributed by atoms with van der Waals surface area (Å²) in [5.41, 5.74) is 2.23. The minimum Gasteiger partial charge on any atom is -0.466 e. The highest BCUT2D eigenvalue weighted by Crippen LogP contribution is 2.28. The molecule has 2 radical (unpaired) electrons. The number of carbonyl (C=O) groups is 2. The fourth-order valence-corrected chi connectivity index (χ4v) is 2.60. The summed E-state index contributed by atoms with van der Waals surface area (Å²) in [5, 5.41) is 0. The third-order valence-corrected chi connectivity index (χ3v) is 3.66. The minimum atomic E-state index is -0.583. The van der Waals surface area contributed by atoms with E-state index in [0.717, 1.165) is 11.1 Å². The van der Waals surface area contributed by atoms with Gasteiger partial charge in [0, 0.05) is 6.54 Å². The summed E-state index contributed by atoms with van der Waals surface area (Å²) in [7, 11) is 7.17. The van der Waals surface area contributed by atoms with Crippen molar-refractivity contribution in [2.75, 3.05) is 20.2 Å². The lowest BCUT2D eigenvalue weighted by atomic mass is 9.88. The van der Waals surface area contributed by atoms with E-state index in [1.807, 2.05) is 39.0 Å². The number of esters is 1. The van der Waals surface area contributed by atoms with Gasteiger partial charge in [-0.1, -0.05) is 29.7 Å². The number of amides is 1. The van der Waals surface area contributed by atoms with E-state index >= 15 is 0 Å². The Morgan fingerprint density at radius 2 is 1.96 bits per heavy atom. The Labute approximate surface area is 144 Å². The smallest absolute Gasteiger partial charge is 0.410 e. The fourth-order valence-electron chi connectivity index (χ4n) is 2.60. The lowest BCUT2D eigenvalue weighted by molar-refractivity contribution is -0.136. The number of nitrogens with zero attached hydrogens (tertiary/aromatic N) is 1. The van der Waals surface area contributed by atoms with E-state index in [9.17, 15) is 9.59 Å².